The number of hydrogen-bond donors (Lipinski definition) is 1. The van der Waals surface area contributed by atoms with Gasteiger partial charge in [-0.2, -0.15) is 0 Å². The predicted octanol–water partition coefficient (Wildman–Crippen LogP) is 4.48. The molecule has 0 aliphatic carbocycles. The van der Waals surface area contributed by atoms with E-state index in [2.05, 4.69) is 4.98 Å². The number of rotatable bonds is 3. The highest BCUT2D eigenvalue weighted by Crippen LogP contribution is 2.38. The molecular weight excluding hydrogens is 306 g/mol. The van der Waals surface area contributed by atoms with E-state index >= 15 is 0 Å². The van der Waals surface area contributed by atoms with Crippen LogP contribution in [0.15, 0.2) is 33.4 Å². The molecule has 0 aliphatic rings. The van der Waals surface area contributed by atoms with E-state index in [-0.39, 0.29) is 11.5 Å². The van der Waals surface area contributed by atoms with Crippen LogP contribution in [0.5, 0.6) is 0 Å². The summed E-state index contributed by atoms with van der Waals surface area (Å²) in [5, 5.41) is 13.3. The fourth-order valence-electron chi connectivity index (χ4n) is 1.58. The molecule has 0 spiro atoms. The molecule has 96 valence electrons. The molecule has 0 fully saturated rings. The van der Waals surface area contributed by atoms with Gasteiger partial charge < -0.3 is 9.52 Å². The molecule has 0 saturated carbocycles. The molecule has 3 aromatic rings. The molecule has 3 rings (SSSR count). The summed E-state index contributed by atoms with van der Waals surface area (Å²) in [6.45, 7) is 0. The Morgan fingerprint density at radius 2 is 2.16 bits per heavy atom. The molecule has 0 saturated heterocycles. The first kappa shape index (κ1) is 12.4. The average molecular weight is 312 g/mol. The van der Waals surface area contributed by atoms with E-state index in [1.807, 2.05) is 17.5 Å². The lowest BCUT2D eigenvalue weighted by atomic mass is 10.3. The van der Waals surface area contributed by atoms with Crippen LogP contribution >= 0.6 is 34.3 Å². The second-order valence-corrected chi connectivity index (χ2v) is 5.85. The molecule has 0 atom stereocenters. The lowest BCUT2D eigenvalue weighted by Crippen LogP contribution is -1.98. The zero-order valence-corrected chi connectivity index (χ0v) is 11.7. The Morgan fingerprint density at radius 3 is 2.74 bits per heavy atom. The van der Waals surface area contributed by atoms with Crippen molar-refractivity contribution < 1.29 is 14.3 Å². The van der Waals surface area contributed by atoms with Crippen molar-refractivity contribution in [1.82, 2.24) is 4.98 Å². The SMILES string of the molecule is O=C(O)c1nc(-c2cccs2)oc1-c1sccc1Cl. The van der Waals surface area contributed by atoms with Crippen LogP contribution in [0.4, 0.5) is 0 Å². The minimum atomic E-state index is -1.13. The Hall–Kier alpha value is -1.63. The number of hydrogen-bond acceptors (Lipinski definition) is 5. The summed E-state index contributed by atoms with van der Waals surface area (Å²) < 4.78 is 5.59. The maximum atomic E-state index is 11.3. The van der Waals surface area contributed by atoms with Crippen molar-refractivity contribution in [3.63, 3.8) is 0 Å². The van der Waals surface area contributed by atoms with Gasteiger partial charge in [0, 0.05) is 0 Å². The zero-order valence-electron chi connectivity index (χ0n) is 9.29. The highest BCUT2D eigenvalue weighted by molar-refractivity contribution is 7.14. The summed E-state index contributed by atoms with van der Waals surface area (Å²) in [5.74, 6) is -0.631. The van der Waals surface area contributed by atoms with Gasteiger partial charge >= 0.3 is 5.97 Å². The topological polar surface area (TPSA) is 63.3 Å². The molecule has 0 aromatic carbocycles. The average Bonchev–Trinajstić information content (AvgIpc) is 3.07. The monoisotopic (exact) mass is 311 g/mol. The van der Waals surface area contributed by atoms with Crippen molar-refractivity contribution in [1.29, 1.82) is 0 Å². The number of carboxylic acids is 1. The maximum Gasteiger partial charge on any atom is 0.358 e. The van der Waals surface area contributed by atoms with Gasteiger partial charge in [0.25, 0.3) is 0 Å². The van der Waals surface area contributed by atoms with Crippen LogP contribution in [0.2, 0.25) is 5.02 Å². The summed E-state index contributed by atoms with van der Waals surface area (Å²) in [6, 6.07) is 5.37. The Morgan fingerprint density at radius 1 is 1.32 bits per heavy atom. The summed E-state index contributed by atoms with van der Waals surface area (Å²) in [4.78, 5) is 16.7. The minimum Gasteiger partial charge on any atom is -0.476 e. The number of aromatic carboxylic acids is 1. The summed E-state index contributed by atoms with van der Waals surface area (Å²) >= 11 is 8.77. The van der Waals surface area contributed by atoms with Crippen LogP contribution in [-0.2, 0) is 0 Å². The fourth-order valence-corrected chi connectivity index (χ4v) is 3.35. The number of carbonyl (C=O) groups is 1. The van der Waals surface area contributed by atoms with Crippen molar-refractivity contribution in [3.05, 3.63) is 39.7 Å². The van der Waals surface area contributed by atoms with E-state index < -0.39 is 5.97 Å². The Bertz CT molecular complexity index is 730. The van der Waals surface area contributed by atoms with E-state index in [1.165, 1.54) is 22.7 Å². The van der Waals surface area contributed by atoms with Crippen LogP contribution in [0.25, 0.3) is 21.4 Å². The summed E-state index contributed by atoms with van der Waals surface area (Å²) in [5.41, 5.74) is -0.118. The number of thiophene rings is 2. The van der Waals surface area contributed by atoms with Gasteiger partial charge in [-0.1, -0.05) is 17.7 Å². The Labute approximate surface area is 120 Å². The third-order valence-electron chi connectivity index (χ3n) is 2.39. The Balaban J connectivity index is 2.19. The van der Waals surface area contributed by atoms with E-state index in [1.54, 1.807) is 11.4 Å². The molecule has 0 aliphatic heterocycles. The molecule has 3 heterocycles. The van der Waals surface area contributed by atoms with Gasteiger partial charge in [0.1, 0.15) is 0 Å². The van der Waals surface area contributed by atoms with Crippen LogP contribution in [0, 0.1) is 0 Å². The minimum absolute atomic E-state index is 0.118. The van der Waals surface area contributed by atoms with Crippen molar-refractivity contribution in [3.8, 4) is 21.4 Å². The quantitative estimate of drug-likeness (QED) is 0.774. The van der Waals surface area contributed by atoms with E-state index in [4.69, 9.17) is 16.0 Å². The van der Waals surface area contributed by atoms with Crippen molar-refractivity contribution in [2.45, 2.75) is 0 Å². The van der Waals surface area contributed by atoms with Gasteiger partial charge in [0.05, 0.1) is 14.8 Å². The molecule has 19 heavy (non-hydrogen) atoms. The molecule has 0 unspecified atom stereocenters. The smallest absolute Gasteiger partial charge is 0.358 e. The van der Waals surface area contributed by atoms with E-state index in [9.17, 15) is 9.90 Å². The predicted molar refractivity (Wildman–Crippen MR) is 75.1 cm³/mol. The number of carboxylic acid groups (broad SMARTS) is 1. The lowest BCUT2D eigenvalue weighted by Gasteiger charge is -1.94. The molecule has 1 N–H and O–H groups in total. The molecular formula is C12H6ClNO3S2. The second kappa shape index (κ2) is 4.80. The standard InChI is InChI=1S/C12H6ClNO3S2/c13-6-3-5-19-10(6)9-8(12(15)16)14-11(17-9)7-2-1-4-18-7/h1-5H,(H,15,16). The molecule has 7 heteroatoms. The van der Waals surface area contributed by atoms with Crippen LogP contribution in [-0.4, -0.2) is 16.1 Å². The summed E-state index contributed by atoms with van der Waals surface area (Å²) in [6.07, 6.45) is 0. The normalized spacial score (nSPS) is 10.8. The molecule has 4 nitrogen and oxygen atoms in total. The Kier molecular flexibility index (Phi) is 3.14. The number of nitrogens with zero attached hydrogens (tertiary/aromatic N) is 1. The number of aromatic nitrogens is 1. The van der Waals surface area contributed by atoms with E-state index in [0.29, 0.717) is 15.8 Å². The second-order valence-electron chi connectivity index (χ2n) is 3.58. The molecule has 3 aromatic heterocycles. The van der Waals surface area contributed by atoms with Crippen molar-refractivity contribution >= 4 is 40.2 Å². The third-order valence-corrected chi connectivity index (χ3v) is 4.58. The molecule has 0 bridgehead atoms. The van der Waals surface area contributed by atoms with Crippen LogP contribution in [0.1, 0.15) is 10.5 Å². The van der Waals surface area contributed by atoms with Gasteiger partial charge in [-0.05, 0) is 22.9 Å². The first-order valence-electron chi connectivity index (χ1n) is 5.18. The first-order chi connectivity index (χ1) is 9.16. The molecule has 0 radical (unpaired) electrons. The third kappa shape index (κ3) is 2.18. The highest BCUT2D eigenvalue weighted by Gasteiger charge is 2.24. The first-order valence-corrected chi connectivity index (χ1v) is 7.32. The van der Waals surface area contributed by atoms with Crippen molar-refractivity contribution in [2.75, 3.05) is 0 Å². The van der Waals surface area contributed by atoms with Gasteiger partial charge in [0.2, 0.25) is 5.89 Å². The van der Waals surface area contributed by atoms with Gasteiger partial charge in [-0.3, -0.25) is 0 Å². The summed E-state index contributed by atoms with van der Waals surface area (Å²) in [7, 11) is 0. The largest absolute Gasteiger partial charge is 0.476 e. The lowest BCUT2D eigenvalue weighted by molar-refractivity contribution is 0.0691. The highest BCUT2D eigenvalue weighted by atomic mass is 35.5. The van der Waals surface area contributed by atoms with Crippen molar-refractivity contribution in [2.24, 2.45) is 0 Å². The number of halogens is 1. The zero-order chi connectivity index (χ0) is 13.4. The fraction of sp³-hybridized carbons (Fsp3) is 0. The van der Waals surface area contributed by atoms with Gasteiger partial charge in [-0.25, -0.2) is 9.78 Å². The van der Waals surface area contributed by atoms with E-state index in [0.717, 1.165) is 4.88 Å². The number of oxazole rings is 1. The van der Waals surface area contributed by atoms with Gasteiger partial charge in [0.15, 0.2) is 11.5 Å². The maximum absolute atomic E-state index is 11.3. The van der Waals surface area contributed by atoms with Crippen LogP contribution in [0.3, 0.4) is 0 Å². The van der Waals surface area contributed by atoms with Gasteiger partial charge in [-0.15, -0.1) is 22.7 Å². The molecule has 0 amide bonds. The van der Waals surface area contributed by atoms with Crippen LogP contribution < -0.4 is 0 Å².